The second kappa shape index (κ2) is 3.52. The van der Waals surface area contributed by atoms with Gasteiger partial charge < -0.3 is 5.11 Å². The zero-order valence-corrected chi connectivity index (χ0v) is 9.08. The minimum Gasteiger partial charge on any atom is -0.499 e. The van der Waals surface area contributed by atoms with Crippen molar-refractivity contribution in [3.05, 3.63) is 23.8 Å². The number of fused-ring (bicyclic) bond motifs is 1. The number of hydrogen-bond acceptors (Lipinski definition) is 4. The molecule has 0 saturated carbocycles. The fourth-order valence-corrected chi connectivity index (χ4v) is 2.61. The molecule has 0 saturated heterocycles. The SMILES string of the molecule is CSc1ccc2sc(O)c(C#N)c2c1. The van der Waals surface area contributed by atoms with Crippen LogP contribution in [0, 0.1) is 11.3 Å². The van der Waals surface area contributed by atoms with Crippen LogP contribution in [0.2, 0.25) is 0 Å². The van der Waals surface area contributed by atoms with E-state index in [1.807, 2.05) is 30.5 Å². The first-order chi connectivity index (χ1) is 6.76. The quantitative estimate of drug-likeness (QED) is 0.752. The number of benzene rings is 1. The van der Waals surface area contributed by atoms with Crippen molar-refractivity contribution in [1.82, 2.24) is 0 Å². The molecule has 1 heterocycles. The zero-order chi connectivity index (χ0) is 10.1. The van der Waals surface area contributed by atoms with Gasteiger partial charge in [-0.15, -0.1) is 11.8 Å². The largest absolute Gasteiger partial charge is 0.499 e. The highest BCUT2D eigenvalue weighted by Crippen LogP contribution is 2.37. The van der Waals surface area contributed by atoms with E-state index in [1.165, 1.54) is 11.3 Å². The van der Waals surface area contributed by atoms with Crippen LogP contribution in [0.25, 0.3) is 10.1 Å². The Bertz CT molecular complexity index is 525. The van der Waals surface area contributed by atoms with Crippen molar-refractivity contribution < 1.29 is 5.11 Å². The molecule has 70 valence electrons. The van der Waals surface area contributed by atoms with Gasteiger partial charge in [-0.2, -0.15) is 5.26 Å². The van der Waals surface area contributed by atoms with Gasteiger partial charge in [0.15, 0.2) is 5.06 Å². The lowest BCUT2D eigenvalue weighted by Gasteiger charge is -1.95. The highest BCUT2D eigenvalue weighted by Gasteiger charge is 2.10. The van der Waals surface area contributed by atoms with Crippen LogP contribution in [0.3, 0.4) is 0 Å². The topological polar surface area (TPSA) is 44.0 Å². The minimum absolute atomic E-state index is 0.112. The van der Waals surface area contributed by atoms with Crippen molar-refractivity contribution in [1.29, 1.82) is 5.26 Å². The first kappa shape index (κ1) is 9.38. The van der Waals surface area contributed by atoms with Crippen molar-refractivity contribution in [3.63, 3.8) is 0 Å². The first-order valence-electron chi connectivity index (χ1n) is 3.96. The van der Waals surface area contributed by atoms with Crippen molar-refractivity contribution >= 4 is 33.2 Å². The standard InChI is InChI=1S/C10H7NOS2/c1-13-6-2-3-9-7(4-6)8(5-11)10(12)14-9/h2-4,12H,1H3. The van der Waals surface area contributed by atoms with Crippen LogP contribution in [0.1, 0.15) is 5.56 Å². The number of nitrogens with zero attached hydrogens (tertiary/aromatic N) is 1. The Kier molecular flexibility index (Phi) is 2.36. The van der Waals surface area contributed by atoms with E-state index in [9.17, 15) is 5.11 Å². The molecule has 0 atom stereocenters. The summed E-state index contributed by atoms with van der Waals surface area (Å²) in [6.07, 6.45) is 1.99. The number of rotatable bonds is 1. The monoisotopic (exact) mass is 221 g/mol. The lowest BCUT2D eigenvalue weighted by atomic mass is 10.2. The van der Waals surface area contributed by atoms with E-state index in [1.54, 1.807) is 11.8 Å². The number of thioether (sulfide) groups is 1. The van der Waals surface area contributed by atoms with Crippen LogP contribution in [0.15, 0.2) is 23.1 Å². The van der Waals surface area contributed by atoms with Crippen molar-refractivity contribution in [2.75, 3.05) is 6.26 Å². The summed E-state index contributed by atoms with van der Waals surface area (Å²) in [5, 5.41) is 19.3. The number of nitriles is 1. The third kappa shape index (κ3) is 1.35. The Morgan fingerprint density at radius 3 is 2.93 bits per heavy atom. The fourth-order valence-electron chi connectivity index (χ4n) is 1.30. The van der Waals surface area contributed by atoms with Gasteiger partial charge in [-0.3, -0.25) is 0 Å². The van der Waals surface area contributed by atoms with E-state index in [4.69, 9.17) is 5.26 Å². The zero-order valence-electron chi connectivity index (χ0n) is 7.44. The Balaban J connectivity index is 2.79. The average Bonchev–Trinajstić information content (AvgIpc) is 2.52. The molecule has 1 aromatic heterocycles. The molecule has 0 amide bonds. The predicted octanol–water partition coefficient (Wildman–Crippen LogP) is 3.20. The lowest BCUT2D eigenvalue weighted by Crippen LogP contribution is -1.72. The van der Waals surface area contributed by atoms with E-state index in [0.29, 0.717) is 5.56 Å². The first-order valence-corrected chi connectivity index (χ1v) is 6.00. The van der Waals surface area contributed by atoms with Gasteiger partial charge >= 0.3 is 0 Å². The van der Waals surface area contributed by atoms with Gasteiger partial charge in [-0.1, -0.05) is 11.3 Å². The number of aromatic hydroxyl groups is 1. The molecule has 0 fully saturated rings. The molecule has 14 heavy (non-hydrogen) atoms. The van der Waals surface area contributed by atoms with Crippen LogP contribution in [-0.2, 0) is 0 Å². The van der Waals surface area contributed by atoms with Gasteiger partial charge in [-0.25, -0.2) is 0 Å². The van der Waals surface area contributed by atoms with E-state index >= 15 is 0 Å². The minimum atomic E-state index is 0.112. The van der Waals surface area contributed by atoms with Crippen molar-refractivity contribution in [2.45, 2.75) is 4.90 Å². The molecule has 0 aliphatic rings. The highest BCUT2D eigenvalue weighted by atomic mass is 32.2. The maximum atomic E-state index is 9.49. The molecule has 0 spiro atoms. The summed E-state index contributed by atoms with van der Waals surface area (Å²) in [5.41, 5.74) is 0.390. The summed E-state index contributed by atoms with van der Waals surface area (Å²) in [6, 6.07) is 7.89. The molecule has 0 radical (unpaired) electrons. The number of thiophene rings is 1. The molecular formula is C10H7NOS2. The van der Waals surface area contributed by atoms with E-state index in [2.05, 4.69) is 0 Å². The second-order valence-electron chi connectivity index (χ2n) is 2.76. The van der Waals surface area contributed by atoms with Crippen LogP contribution in [0.4, 0.5) is 0 Å². The Morgan fingerprint density at radius 2 is 2.29 bits per heavy atom. The Labute approximate surface area is 89.8 Å². The molecule has 2 nitrogen and oxygen atoms in total. The summed E-state index contributed by atoms with van der Waals surface area (Å²) < 4.78 is 0.955. The highest BCUT2D eigenvalue weighted by molar-refractivity contribution is 7.98. The third-order valence-electron chi connectivity index (χ3n) is 1.99. The van der Waals surface area contributed by atoms with Gasteiger partial charge in [0.2, 0.25) is 0 Å². The van der Waals surface area contributed by atoms with Crippen LogP contribution in [-0.4, -0.2) is 11.4 Å². The van der Waals surface area contributed by atoms with Gasteiger partial charge in [0.05, 0.1) is 0 Å². The molecule has 2 rings (SSSR count). The number of hydrogen-bond donors (Lipinski definition) is 1. The smallest absolute Gasteiger partial charge is 0.190 e. The van der Waals surface area contributed by atoms with E-state index < -0.39 is 0 Å². The maximum Gasteiger partial charge on any atom is 0.190 e. The predicted molar refractivity (Wildman–Crippen MR) is 60.0 cm³/mol. The third-order valence-corrected chi connectivity index (χ3v) is 3.69. The van der Waals surface area contributed by atoms with Crippen molar-refractivity contribution in [3.8, 4) is 11.1 Å². The molecule has 0 aliphatic carbocycles. The fraction of sp³-hybridized carbons (Fsp3) is 0.100. The summed E-state index contributed by atoms with van der Waals surface area (Å²) in [6.45, 7) is 0. The average molecular weight is 221 g/mol. The van der Waals surface area contributed by atoms with Crippen LogP contribution < -0.4 is 0 Å². The van der Waals surface area contributed by atoms with Crippen LogP contribution >= 0.6 is 23.1 Å². The second-order valence-corrected chi connectivity index (χ2v) is 4.67. The summed E-state index contributed by atoms with van der Waals surface area (Å²) >= 11 is 2.87. The molecule has 1 aromatic carbocycles. The van der Waals surface area contributed by atoms with E-state index in [0.717, 1.165) is 15.0 Å². The maximum absolute atomic E-state index is 9.49. The summed E-state index contributed by atoms with van der Waals surface area (Å²) in [7, 11) is 0. The van der Waals surface area contributed by atoms with Crippen molar-refractivity contribution in [2.24, 2.45) is 0 Å². The molecule has 0 unspecified atom stereocenters. The van der Waals surface area contributed by atoms with Gasteiger partial charge in [0, 0.05) is 15.0 Å². The normalized spacial score (nSPS) is 10.3. The van der Waals surface area contributed by atoms with Crippen LogP contribution in [0.5, 0.6) is 5.06 Å². The summed E-state index contributed by atoms with van der Waals surface area (Å²) in [4.78, 5) is 1.10. The molecule has 4 heteroatoms. The lowest BCUT2D eigenvalue weighted by molar-refractivity contribution is 0.490. The summed E-state index contributed by atoms with van der Waals surface area (Å²) in [5.74, 6) is 0. The molecule has 0 bridgehead atoms. The van der Waals surface area contributed by atoms with Gasteiger partial charge in [-0.05, 0) is 24.5 Å². The molecular weight excluding hydrogens is 214 g/mol. The molecule has 1 N–H and O–H groups in total. The Hall–Kier alpha value is -1.18. The Morgan fingerprint density at radius 1 is 1.50 bits per heavy atom. The molecule has 2 aromatic rings. The van der Waals surface area contributed by atoms with E-state index in [-0.39, 0.29) is 5.06 Å². The van der Waals surface area contributed by atoms with Gasteiger partial charge in [0.1, 0.15) is 11.6 Å². The van der Waals surface area contributed by atoms with Gasteiger partial charge in [0.25, 0.3) is 0 Å². The molecule has 0 aliphatic heterocycles.